The number of rotatable bonds is 1. The normalized spacial score (nSPS) is 37.6. The van der Waals surface area contributed by atoms with Crippen LogP contribution in [0.3, 0.4) is 0 Å². The number of hydrogen-bond acceptors (Lipinski definition) is 5. The fourth-order valence-corrected chi connectivity index (χ4v) is 6.93. The summed E-state index contributed by atoms with van der Waals surface area (Å²) in [5, 5.41) is 27.0. The number of amides is 2. The van der Waals surface area contributed by atoms with Crippen molar-refractivity contribution in [2.75, 3.05) is 6.54 Å². The summed E-state index contributed by atoms with van der Waals surface area (Å²) in [4.78, 5) is 37.1. The zero-order valence-corrected chi connectivity index (χ0v) is 21.1. The highest BCUT2D eigenvalue weighted by molar-refractivity contribution is 6.27. The van der Waals surface area contributed by atoms with E-state index in [-0.39, 0.29) is 29.1 Å². The molecule has 8 atom stereocenters. The lowest BCUT2D eigenvalue weighted by atomic mass is 9.76. The van der Waals surface area contributed by atoms with E-state index in [1.807, 2.05) is 6.08 Å². The lowest BCUT2D eigenvalue weighted by molar-refractivity contribution is -0.118. The van der Waals surface area contributed by atoms with Gasteiger partial charge >= 0.3 is 0 Å². The van der Waals surface area contributed by atoms with E-state index in [0.29, 0.717) is 43.1 Å². The van der Waals surface area contributed by atoms with Crippen LogP contribution in [0, 0.1) is 35.5 Å². The van der Waals surface area contributed by atoms with Gasteiger partial charge in [0, 0.05) is 12.6 Å². The molecule has 4 rings (SSSR count). The molecule has 2 aliphatic heterocycles. The highest BCUT2D eigenvalue weighted by Crippen LogP contribution is 2.57. The molecule has 2 saturated carbocycles. The van der Waals surface area contributed by atoms with Crippen LogP contribution in [0.1, 0.15) is 46.0 Å². The van der Waals surface area contributed by atoms with E-state index < -0.39 is 23.8 Å². The molecule has 0 radical (unpaired) electrons. The van der Waals surface area contributed by atoms with E-state index >= 15 is 0 Å². The van der Waals surface area contributed by atoms with Gasteiger partial charge in [-0.25, -0.2) is 0 Å². The molecular weight excluding hydrogens is 456 g/mol. The Balaban J connectivity index is 1.60. The van der Waals surface area contributed by atoms with Crippen molar-refractivity contribution >= 4 is 17.6 Å². The Labute approximate surface area is 213 Å². The fourth-order valence-electron chi connectivity index (χ4n) is 6.93. The van der Waals surface area contributed by atoms with Gasteiger partial charge in [0.2, 0.25) is 5.91 Å². The first-order chi connectivity index (χ1) is 17.3. The van der Waals surface area contributed by atoms with Crippen molar-refractivity contribution in [1.29, 1.82) is 0 Å². The van der Waals surface area contributed by atoms with Crippen molar-refractivity contribution in [3.63, 3.8) is 0 Å². The molecule has 7 heteroatoms. The lowest BCUT2D eigenvalue weighted by Gasteiger charge is -2.30. The molecule has 36 heavy (non-hydrogen) atoms. The van der Waals surface area contributed by atoms with Gasteiger partial charge in [0.25, 0.3) is 5.91 Å². The Hall–Kier alpha value is -2.93. The summed E-state index contributed by atoms with van der Waals surface area (Å²) >= 11 is 0. The molecule has 2 bridgehead atoms. The number of carbonyl (C=O) groups is 3. The maximum absolute atomic E-state index is 12.6. The molecule has 0 aromatic heterocycles. The molecule has 4 N–H and O–H groups in total. The van der Waals surface area contributed by atoms with Gasteiger partial charge < -0.3 is 20.8 Å². The highest BCUT2D eigenvalue weighted by atomic mass is 16.3. The van der Waals surface area contributed by atoms with Crippen LogP contribution in [-0.4, -0.2) is 46.5 Å². The van der Waals surface area contributed by atoms with Crippen molar-refractivity contribution in [3.05, 3.63) is 59.9 Å². The Kier molecular flexibility index (Phi) is 8.29. The Morgan fingerprint density at radius 2 is 1.75 bits per heavy atom. The Bertz CT molecular complexity index is 1020. The number of carbonyl (C=O) groups excluding carboxylic acids is 3. The quantitative estimate of drug-likeness (QED) is 0.418. The predicted molar refractivity (Wildman–Crippen MR) is 138 cm³/mol. The van der Waals surface area contributed by atoms with E-state index in [1.165, 1.54) is 18.6 Å². The molecular formula is C29H38N2O5. The van der Waals surface area contributed by atoms with Crippen LogP contribution < -0.4 is 10.6 Å². The standard InChI is InChI=1S/C29H38N2O5/c1-3-18-15-20-16-19-9-4-7-13-24(34)30-14-8-10-21-28(35)27(29(36)31-21)23(33)12-6-5-11-22(32)26(19)25(20)17(18)2/h4-7,9,11-13,17-22,25-26,32-33H,3,8,10,14-16H2,1-2H3,(H,30,34)(H,31,36). The minimum absolute atomic E-state index is 0.0603. The summed E-state index contributed by atoms with van der Waals surface area (Å²) < 4.78 is 0. The first kappa shape index (κ1) is 26.1. The van der Waals surface area contributed by atoms with Gasteiger partial charge in [-0.2, -0.15) is 0 Å². The van der Waals surface area contributed by atoms with Crippen LogP contribution >= 0.6 is 0 Å². The molecule has 7 nitrogen and oxygen atoms in total. The third-order valence-electron chi connectivity index (χ3n) is 8.64. The zero-order chi connectivity index (χ0) is 25.8. The molecule has 0 aromatic rings. The SMILES string of the molecule is CCC1CC2CC3C=CC=CC(=O)NCCCC4NC(=O)C(=C(O)C=CC=CC(O)C3C2C1C)C4=O. The van der Waals surface area contributed by atoms with Gasteiger partial charge in [-0.15, -0.1) is 0 Å². The number of hydrogen-bond donors (Lipinski definition) is 4. The van der Waals surface area contributed by atoms with E-state index in [0.717, 1.165) is 12.8 Å². The lowest BCUT2D eigenvalue weighted by Crippen LogP contribution is -2.31. The maximum atomic E-state index is 12.6. The van der Waals surface area contributed by atoms with Crippen molar-refractivity contribution in [1.82, 2.24) is 10.6 Å². The molecule has 2 amide bonds. The van der Waals surface area contributed by atoms with E-state index in [2.05, 4.69) is 30.6 Å². The van der Waals surface area contributed by atoms with E-state index in [1.54, 1.807) is 24.3 Å². The van der Waals surface area contributed by atoms with Gasteiger partial charge in [0.05, 0.1) is 12.1 Å². The van der Waals surface area contributed by atoms with Gasteiger partial charge in [-0.05, 0) is 67.3 Å². The van der Waals surface area contributed by atoms with Gasteiger partial charge in [-0.1, -0.05) is 56.7 Å². The second-order valence-electron chi connectivity index (χ2n) is 10.6. The number of aliphatic hydroxyl groups excluding tert-OH is 2. The molecule has 0 aromatic carbocycles. The van der Waals surface area contributed by atoms with Crippen molar-refractivity contribution < 1.29 is 24.6 Å². The van der Waals surface area contributed by atoms with Crippen LogP contribution in [0.4, 0.5) is 0 Å². The van der Waals surface area contributed by atoms with E-state index in [9.17, 15) is 24.6 Å². The summed E-state index contributed by atoms with van der Waals surface area (Å²) in [7, 11) is 0. The highest BCUT2D eigenvalue weighted by Gasteiger charge is 2.52. The molecule has 2 aliphatic carbocycles. The number of nitrogens with one attached hydrogen (secondary N) is 2. The molecule has 0 spiro atoms. The minimum atomic E-state index is -0.714. The Morgan fingerprint density at radius 3 is 2.53 bits per heavy atom. The van der Waals surface area contributed by atoms with Crippen molar-refractivity contribution in [2.45, 2.75) is 58.1 Å². The molecule has 1 saturated heterocycles. The van der Waals surface area contributed by atoms with Gasteiger partial charge in [0.1, 0.15) is 11.3 Å². The summed E-state index contributed by atoms with van der Waals surface area (Å²) in [6.45, 7) is 4.92. The smallest absolute Gasteiger partial charge is 0.259 e. The summed E-state index contributed by atoms with van der Waals surface area (Å²) in [5.41, 5.74) is -0.249. The molecule has 4 aliphatic rings. The largest absolute Gasteiger partial charge is 0.507 e. The first-order valence-corrected chi connectivity index (χ1v) is 13.3. The average molecular weight is 495 g/mol. The first-order valence-electron chi connectivity index (χ1n) is 13.3. The van der Waals surface area contributed by atoms with E-state index in [4.69, 9.17) is 0 Å². The second-order valence-corrected chi connectivity index (χ2v) is 10.6. The molecule has 194 valence electrons. The van der Waals surface area contributed by atoms with Crippen LogP contribution in [0.5, 0.6) is 0 Å². The van der Waals surface area contributed by atoms with Crippen LogP contribution in [0.25, 0.3) is 0 Å². The number of ketones is 1. The molecule has 2 heterocycles. The van der Waals surface area contributed by atoms with Gasteiger partial charge in [0.15, 0.2) is 5.78 Å². The molecule has 3 fully saturated rings. The summed E-state index contributed by atoms with van der Waals surface area (Å²) in [5.74, 6) is 0.815. The van der Waals surface area contributed by atoms with Crippen LogP contribution in [0.15, 0.2) is 59.9 Å². The van der Waals surface area contributed by atoms with Crippen LogP contribution in [-0.2, 0) is 14.4 Å². The van der Waals surface area contributed by atoms with Crippen molar-refractivity contribution in [3.8, 4) is 0 Å². The second kappa shape index (κ2) is 11.4. The topological polar surface area (TPSA) is 116 Å². The molecule has 8 unspecified atom stereocenters. The maximum Gasteiger partial charge on any atom is 0.259 e. The number of fused-ring (bicyclic) bond motifs is 5. The Morgan fingerprint density at radius 1 is 1.00 bits per heavy atom. The van der Waals surface area contributed by atoms with Gasteiger partial charge in [-0.3, -0.25) is 14.4 Å². The minimum Gasteiger partial charge on any atom is -0.507 e. The monoisotopic (exact) mass is 494 g/mol. The zero-order valence-electron chi connectivity index (χ0n) is 21.1. The third-order valence-corrected chi connectivity index (χ3v) is 8.64. The predicted octanol–water partition coefficient (Wildman–Crippen LogP) is 3.30. The average Bonchev–Trinajstić information content (AvgIpc) is 3.45. The summed E-state index contributed by atoms with van der Waals surface area (Å²) in [6, 6.07) is -0.714. The fraction of sp³-hybridized carbons (Fsp3) is 0.552. The van der Waals surface area contributed by atoms with Crippen molar-refractivity contribution in [2.24, 2.45) is 35.5 Å². The van der Waals surface area contributed by atoms with Crippen LogP contribution in [0.2, 0.25) is 0 Å². The number of aliphatic hydroxyl groups is 2. The number of Topliss-reactive ketones (excluding diaryl/α,β-unsaturated/α-hetero) is 1. The summed E-state index contributed by atoms with van der Waals surface area (Å²) in [6.07, 6.45) is 17.1. The third kappa shape index (κ3) is 5.41. The number of allylic oxidation sites excluding steroid dienone is 6.